The molecule has 1 heterocycles. The van der Waals surface area contributed by atoms with E-state index in [1.165, 1.54) is 23.1 Å². The van der Waals surface area contributed by atoms with E-state index in [4.69, 9.17) is 4.74 Å². The number of non-ortho nitro benzene ring substituents is 1. The number of unbranched alkanes of at least 4 members (excludes halogenated alkanes) is 3. The number of alkyl halides is 3. The summed E-state index contributed by atoms with van der Waals surface area (Å²) in [6.07, 6.45) is -0.526. The Bertz CT molecular complexity index is 831. The van der Waals surface area contributed by atoms with Crippen LogP contribution in [0.1, 0.15) is 45.1 Å². The lowest BCUT2D eigenvalue weighted by Crippen LogP contribution is -2.21. The number of rotatable bonds is 10. The molecule has 0 saturated carbocycles. The van der Waals surface area contributed by atoms with Gasteiger partial charge in [-0.1, -0.05) is 32.3 Å². The lowest BCUT2D eigenvalue weighted by atomic mass is 10.2. The maximum Gasteiger partial charge on any atom is 0.423 e. The Morgan fingerprint density at radius 3 is 2.59 bits per heavy atom. The summed E-state index contributed by atoms with van der Waals surface area (Å²) in [5.41, 5.74) is -0.789. The highest BCUT2D eigenvalue weighted by atomic mass is 19.4. The van der Waals surface area contributed by atoms with Crippen molar-refractivity contribution in [2.45, 2.75) is 45.7 Å². The molecule has 158 valence electrons. The molecule has 0 atom stereocenters. The van der Waals surface area contributed by atoms with Crippen molar-refractivity contribution in [2.75, 3.05) is 18.1 Å². The third-order valence-corrected chi connectivity index (χ3v) is 4.19. The lowest BCUT2D eigenvalue weighted by molar-refractivity contribution is -0.384. The molecule has 0 aliphatic carbocycles. The first-order valence-corrected chi connectivity index (χ1v) is 9.37. The van der Waals surface area contributed by atoms with E-state index in [9.17, 15) is 23.3 Å². The molecule has 0 aliphatic rings. The number of aromatic nitrogens is 2. The van der Waals surface area contributed by atoms with E-state index in [2.05, 4.69) is 9.97 Å². The fraction of sp³-hybridized carbons (Fsp3) is 0.474. The van der Waals surface area contributed by atoms with E-state index >= 15 is 0 Å². The van der Waals surface area contributed by atoms with E-state index in [-0.39, 0.29) is 18.2 Å². The number of nitrogens with zero attached hydrogens (tertiary/aromatic N) is 4. The van der Waals surface area contributed by atoms with Gasteiger partial charge in [0, 0.05) is 24.9 Å². The number of hydrogen-bond donors (Lipinski definition) is 0. The van der Waals surface area contributed by atoms with Gasteiger partial charge in [-0.05, 0) is 19.4 Å². The molecular weight excluding hydrogens is 389 g/mol. The quantitative estimate of drug-likeness (QED) is 0.290. The first-order chi connectivity index (χ1) is 13.8. The molecule has 29 heavy (non-hydrogen) atoms. The van der Waals surface area contributed by atoms with Gasteiger partial charge in [0.1, 0.15) is 5.56 Å². The molecule has 2 rings (SSSR count). The zero-order valence-corrected chi connectivity index (χ0v) is 16.3. The van der Waals surface area contributed by atoms with Crippen LogP contribution in [0.25, 0.3) is 0 Å². The number of halogens is 3. The zero-order chi connectivity index (χ0) is 21.4. The van der Waals surface area contributed by atoms with Crippen LogP contribution in [0.3, 0.4) is 0 Å². The van der Waals surface area contributed by atoms with E-state index in [1.54, 1.807) is 13.0 Å². The van der Waals surface area contributed by atoms with Crippen molar-refractivity contribution in [1.29, 1.82) is 0 Å². The molecule has 7 nitrogen and oxygen atoms in total. The number of anilines is 2. The summed E-state index contributed by atoms with van der Waals surface area (Å²) in [5.74, 6) is -0.563. The third kappa shape index (κ3) is 6.03. The van der Waals surface area contributed by atoms with Crippen LogP contribution in [0.15, 0.2) is 30.5 Å². The maximum absolute atomic E-state index is 13.3. The summed E-state index contributed by atoms with van der Waals surface area (Å²) < 4.78 is 45.3. The van der Waals surface area contributed by atoms with Gasteiger partial charge in [0.25, 0.3) is 5.69 Å². The molecule has 0 N–H and O–H groups in total. The second kappa shape index (κ2) is 10.0. The molecule has 0 unspecified atom stereocenters. The van der Waals surface area contributed by atoms with Gasteiger partial charge in [-0.2, -0.15) is 18.2 Å². The van der Waals surface area contributed by atoms with Crippen molar-refractivity contribution in [3.8, 4) is 5.88 Å². The third-order valence-electron chi connectivity index (χ3n) is 4.19. The maximum atomic E-state index is 13.3. The first kappa shape index (κ1) is 22.4. The summed E-state index contributed by atoms with van der Waals surface area (Å²) in [6.45, 7) is 4.18. The lowest BCUT2D eigenvalue weighted by Gasteiger charge is -2.22. The Kier molecular flexibility index (Phi) is 7.74. The summed E-state index contributed by atoms with van der Waals surface area (Å²) in [4.78, 5) is 19.8. The van der Waals surface area contributed by atoms with Crippen molar-refractivity contribution in [3.63, 3.8) is 0 Å². The molecule has 0 aliphatic heterocycles. The number of benzene rings is 1. The van der Waals surface area contributed by atoms with Gasteiger partial charge in [0.15, 0.2) is 0 Å². The number of nitro benzene ring substituents is 1. The van der Waals surface area contributed by atoms with Gasteiger partial charge < -0.3 is 9.64 Å². The minimum absolute atomic E-state index is 0.0236. The topological polar surface area (TPSA) is 81.4 Å². The highest BCUT2D eigenvalue weighted by Crippen LogP contribution is 2.36. The molecule has 1 aromatic heterocycles. The van der Waals surface area contributed by atoms with Gasteiger partial charge in [-0.15, -0.1) is 0 Å². The predicted molar refractivity (Wildman–Crippen MR) is 102 cm³/mol. The second-order valence-electron chi connectivity index (χ2n) is 6.32. The van der Waals surface area contributed by atoms with Gasteiger partial charge in [0.05, 0.1) is 17.2 Å². The standard InChI is InChI=1S/C19H23F3N4O3/c1-3-5-6-7-11-29-17-16(19(20,21)22)13-23-18(24-17)25(4-2)14-9-8-10-15(12-14)26(27)28/h8-10,12-13H,3-7,11H2,1-2H3. The van der Waals surface area contributed by atoms with Crippen molar-refractivity contribution in [3.05, 3.63) is 46.1 Å². The minimum Gasteiger partial charge on any atom is -0.477 e. The zero-order valence-electron chi connectivity index (χ0n) is 16.3. The average molecular weight is 412 g/mol. The number of nitro groups is 1. The molecular formula is C19H23F3N4O3. The van der Waals surface area contributed by atoms with Crippen LogP contribution < -0.4 is 9.64 Å². The summed E-state index contributed by atoms with van der Waals surface area (Å²) in [5, 5.41) is 11.0. The summed E-state index contributed by atoms with van der Waals surface area (Å²) >= 11 is 0. The van der Waals surface area contributed by atoms with Crippen LogP contribution in [0, 0.1) is 10.1 Å². The SMILES string of the molecule is CCCCCCOc1nc(N(CC)c2cccc([N+](=O)[O-])c2)ncc1C(F)(F)F. The van der Waals surface area contributed by atoms with Crippen molar-refractivity contribution in [1.82, 2.24) is 9.97 Å². The Morgan fingerprint density at radius 1 is 1.21 bits per heavy atom. The smallest absolute Gasteiger partial charge is 0.423 e. The summed E-state index contributed by atoms with van der Waals surface area (Å²) in [7, 11) is 0. The van der Waals surface area contributed by atoms with Crippen molar-refractivity contribution >= 4 is 17.3 Å². The molecule has 0 fully saturated rings. The van der Waals surface area contributed by atoms with Crippen LogP contribution in [-0.2, 0) is 6.18 Å². The largest absolute Gasteiger partial charge is 0.477 e. The van der Waals surface area contributed by atoms with E-state index in [0.717, 1.165) is 19.3 Å². The monoisotopic (exact) mass is 412 g/mol. The minimum atomic E-state index is -4.65. The fourth-order valence-electron chi connectivity index (χ4n) is 2.70. The van der Waals surface area contributed by atoms with Crippen molar-refractivity contribution < 1.29 is 22.8 Å². The highest BCUT2D eigenvalue weighted by molar-refractivity contribution is 5.61. The van der Waals surface area contributed by atoms with Gasteiger partial charge in [-0.25, -0.2) is 4.98 Å². The Hall–Kier alpha value is -2.91. The molecule has 10 heteroatoms. The van der Waals surface area contributed by atoms with Crippen molar-refractivity contribution in [2.24, 2.45) is 0 Å². The summed E-state index contributed by atoms with van der Waals surface area (Å²) in [6, 6.07) is 5.74. The highest BCUT2D eigenvalue weighted by Gasteiger charge is 2.36. The van der Waals surface area contributed by atoms with Gasteiger partial charge >= 0.3 is 6.18 Å². The molecule has 1 aromatic carbocycles. The molecule has 0 bridgehead atoms. The fourth-order valence-corrected chi connectivity index (χ4v) is 2.70. The van der Waals surface area contributed by atoms with Crippen LogP contribution in [-0.4, -0.2) is 28.0 Å². The molecule has 0 amide bonds. The Balaban J connectivity index is 2.34. The molecule has 2 aromatic rings. The first-order valence-electron chi connectivity index (χ1n) is 9.37. The van der Waals surface area contributed by atoms with Crippen LogP contribution in [0.2, 0.25) is 0 Å². The van der Waals surface area contributed by atoms with Crippen LogP contribution >= 0.6 is 0 Å². The van der Waals surface area contributed by atoms with E-state index in [0.29, 0.717) is 24.8 Å². The predicted octanol–water partition coefficient (Wildman–Crippen LogP) is 5.52. The van der Waals surface area contributed by atoms with E-state index in [1.807, 2.05) is 6.92 Å². The molecule has 0 spiro atoms. The Labute approximate surface area is 166 Å². The van der Waals surface area contributed by atoms with Gasteiger partial charge in [-0.3, -0.25) is 10.1 Å². The Morgan fingerprint density at radius 2 is 1.97 bits per heavy atom. The van der Waals surface area contributed by atoms with Gasteiger partial charge in [0.2, 0.25) is 11.8 Å². The van der Waals surface area contributed by atoms with Crippen LogP contribution in [0.5, 0.6) is 5.88 Å². The normalized spacial score (nSPS) is 11.3. The molecule has 0 saturated heterocycles. The molecule has 0 radical (unpaired) electrons. The second-order valence-corrected chi connectivity index (χ2v) is 6.32. The number of ether oxygens (including phenoxy) is 1. The van der Waals surface area contributed by atoms with Crippen LogP contribution in [0.4, 0.5) is 30.5 Å². The van der Waals surface area contributed by atoms with E-state index < -0.39 is 22.5 Å². The average Bonchev–Trinajstić information content (AvgIpc) is 2.68. The number of hydrogen-bond acceptors (Lipinski definition) is 6.